The summed E-state index contributed by atoms with van der Waals surface area (Å²) in [5.41, 5.74) is 5.39. The standard InChI is InChI=1S/C11H22N4O2/c1-11(2,3)14-10(17)13-9(16)7-15-5-4-8(12)6-15/h8H,4-7,12H2,1-3H3,(H2,13,14,16,17). The summed E-state index contributed by atoms with van der Waals surface area (Å²) in [5.74, 6) is -0.291. The molecule has 0 aromatic heterocycles. The first kappa shape index (κ1) is 13.9. The topological polar surface area (TPSA) is 87.5 Å². The Bertz CT molecular complexity index is 298. The summed E-state index contributed by atoms with van der Waals surface area (Å²) in [4.78, 5) is 24.9. The summed E-state index contributed by atoms with van der Waals surface area (Å²) in [6.45, 7) is 7.33. The first-order chi connectivity index (χ1) is 7.76. The monoisotopic (exact) mass is 242 g/mol. The van der Waals surface area contributed by atoms with E-state index in [2.05, 4.69) is 10.6 Å². The van der Waals surface area contributed by atoms with Crippen LogP contribution < -0.4 is 16.4 Å². The lowest BCUT2D eigenvalue weighted by atomic mass is 10.1. The number of hydrogen-bond acceptors (Lipinski definition) is 4. The number of nitrogens with one attached hydrogen (secondary N) is 2. The number of rotatable bonds is 2. The van der Waals surface area contributed by atoms with E-state index < -0.39 is 6.03 Å². The lowest BCUT2D eigenvalue weighted by Crippen LogP contribution is -2.50. The van der Waals surface area contributed by atoms with Crippen LogP contribution in [0.3, 0.4) is 0 Å². The van der Waals surface area contributed by atoms with Gasteiger partial charge in [0.2, 0.25) is 5.91 Å². The zero-order valence-corrected chi connectivity index (χ0v) is 10.7. The average molecular weight is 242 g/mol. The fraction of sp³-hybridized carbons (Fsp3) is 0.818. The smallest absolute Gasteiger partial charge is 0.321 e. The molecule has 0 spiro atoms. The molecule has 0 radical (unpaired) electrons. The van der Waals surface area contributed by atoms with Gasteiger partial charge < -0.3 is 11.1 Å². The van der Waals surface area contributed by atoms with Crippen LogP contribution >= 0.6 is 0 Å². The minimum absolute atomic E-state index is 0.145. The van der Waals surface area contributed by atoms with Gasteiger partial charge in [-0.2, -0.15) is 0 Å². The van der Waals surface area contributed by atoms with Crippen molar-refractivity contribution in [3.05, 3.63) is 0 Å². The van der Waals surface area contributed by atoms with E-state index in [1.807, 2.05) is 25.7 Å². The summed E-state index contributed by atoms with van der Waals surface area (Å²) >= 11 is 0. The second kappa shape index (κ2) is 5.46. The van der Waals surface area contributed by atoms with Crippen molar-refractivity contribution >= 4 is 11.9 Å². The lowest BCUT2D eigenvalue weighted by Gasteiger charge is -2.21. The van der Waals surface area contributed by atoms with Crippen molar-refractivity contribution in [2.75, 3.05) is 19.6 Å². The normalized spacial score (nSPS) is 21.3. The molecular formula is C11H22N4O2. The van der Waals surface area contributed by atoms with Crippen LogP contribution in [0.2, 0.25) is 0 Å². The van der Waals surface area contributed by atoms with Crippen LogP contribution in [0.25, 0.3) is 0 Å². The molecule has 1 fully saturated rings. The third-order valence-electron chi connectivity index (χ3n) is 2.42. The predicted molar refractivity (Wildman–Crippen MR) is 65.5 cm³/mol. The summed E-state index contributed by atoms with van der Waals surface area (Å²) in [5, 5.41) is 4.98. The molecule has 1 heterocycles. The summed E-state index contributed by atoms with van der Waals surface area (Å²) in [7, 11) is 0. The van der Waals surface area contributed by atoms with Gasteiger partial charge in [-0.1, -0.05) is 0 Å². The number of nitrogens with zero attached hydrogens (tertiary/aromatic N) is 1. The largest absolute Gasteiger partial charge is 0.333 e. The average Bonchev–Trinajstić information content (AvgIpc) is 2.46. The van der Waals surface area contributed by atoms with Crippen molar-refractivity contribution in [1.82, 2.24) is 15.5 Å². The molecule has 1 aliphatic rings. The van der Waals surface area contributed by atoms with Gasteiger partial charge in [0, 0.05) is 24.7 Å². The number of nitrogens with two attached hydrogens (primary N) is 1. The molecule has 6 nitrogen and oxygen atoms in total. The second-order valence-corrected chi connectivity index (χ2v) is 5.54. The van der Waals surface area contributed by atoms with Gasteiger partial charge in [0.05, 0.1) is 6.54 Å². The number of hydrogen-bond donors (Lipinski definition) is 3. The second-order valence-electron chi connectivity index (χ2n) is 5.54. The number of imide groups is 1. The van der Waals surface area contributed by atoms with Gasteiger partial charge >= 0.3 is 6.03 Å². The lowest BCUT2D eigenvalue weighted by molar-refractivity contribution is -0.120. The van der Waals surface area contributed by atoms with E-state index in [0.717, 1.165) is 13.0 Å². The molecule has 98 valence electrons. The minimum atomic E-state index is -0.453. The van der Waals surface area contributed by atoms with Gasteiger partial charge in [0.1, 0.15) is 0 Å². The van der Waals surface area contributed by atoms with E-state index >= 15 is 0 Å². The van der Waals surface area contributed by atoms with Crippen LogP contribution in [0.1, 0.15) is 27.2 Å². The molecule has 1 atom stereocenters. The minimum Gasteiger partial charge on any atom is -0.333 e. The van der Waals surface area contributed by atoms with E-state index in [-0.39, 0.29) is 24.0 Å². The maximum Gasteiger partial charge on any atom is 0.321 e. The first-order valence-electron chi connectivity index (χ1n) is 5.86. The Morgan fingerprint density at radius 2 is 2.06 bits per heavy atom. The van der Waals surface area contributed by atoms with Crippen molar-refractivity contribution < 1.29 is 9.59 Å². The third kappa shape index (κ3) is 5.65. The maximum atomic E-state index is 11.5. The number of amides is 3. The van der Waals surface area contributed by atoms with E-state index in [1.54, 1.807) is 0 Å². The summed E-state index contributed by atoms with van der Waals surface area (Å²) < 4.78 is 0. The molecule has 17 heavy (non-hydrogen) atoms. The Morgan fingerprint density at radius 1 is 1.41 bits per heavy atom. The zero-order chi connectivity index (χ0) is 13.1. The quantitative estimate of drug-likeness (QED) is 0.617. The molecular weight excluding hydrogens is 220 g/mol. The number of urea groups is 1. The Hall–Kier alpha value is -1.14. The molecule has 0 aromatic rings. The fourth-order valence-corrected chi connectivity index (χ4v) is 1.75. The molecule has 1 aliphatic heterocycles. The van der Waals surface area contributed by atoms with Gasteiger partial charge in [-0.25, -0.2) is 4.79 Å². The summed E-state index contributed by atoms with van der Waals surface area (Å²) in [6.07, 6.45) is 0.904. The van der Waals surface area contributed by atoms with Gasteiger partial charge in [-0.3, -0.25) is 15.0 Å². The van der Waals surface area contributed by atoms with Crippen molar-refractivity contribution in [3.63, 3.8) is 0 Å². The molecule has 1 unspecified atom stereocenters. The van der Waals surface area contributed by atoms with Crippen LogP contribution in [-0.2, 0) is 4.79 Å². The van der Waals surface area contributed by atoms with Crippen molar-refractivity contribution in [2.45, 2.75) is 38.8 Å². The van der Waals surface area contributed by atoms with Crippen molar-refractivity contribution in [1.29, 1.82) is 0 Å². The van der Waals surface area contributed by atoms with E-state index in [0.29, 0.717) is 6.54 Å². The zero-order valence-electron chi connectivity index (χ0n) is 10.7. The molecule has 0 aromatic carbocycles. The van der Waals surface area contributed by atoms with Gasteiger partial charge in [0.25, 0.3) is 0 Å². The van der Waals surface area contributed by atoms with Crippen LogP contribution in [0, 0.1) is 0 Å². The Morgan fingerprint density at radius 3 is 2.53 bits per heavy atom. The molecule has 0 bridgehead atoms. The first-order valence-corrected chi connectivity index (χ1v) is 5.86. The van der Waals surface area contributed by atoms with Gasteiger partial charge in [-0.05, 0) is 27.2 Å². The third-order valence-corrected chi connectivity index (χ3v) is 2.42. The molecule has 0 aliphatic carbocycles. The molecule has 1 saturated heterocycles. The predicted octanol–water partition coefficient (Wildman–Crippen LogP) is -0.356. The van der Waals surface area contributed by atoms with Crippen molar-refractivity contribution in [3.8, 4) is 0 Å². The summed E-state index contributed by atoms with van der Waals surface area (Å²) in [6, 6.07) is -0.308. The van der Waals surface area contributed by atoms with Crippen molar-refractivity contribution in [2.24, 2.45) is 5.73 Å². The van der Waals surface area contributed by atoms with E-state index in [9.17, 15) is 9.59 Å². The highest BCUT2D eigenvalue weighted by Crippen LogP contribution is 2.05. The van der Waals surface area contributed by atoms with E-state index in [4.69, 9.17) is 5.73 Å². The van der Waals surface area contributed by atoms with Crippen LogP contribution in [-0.4, -0.2) is 48.1 Å². The number of carbonyl (C=O) groups excluding carboxylic acids is 2. The maximum absolute atomic E-state index is 11.5. The van der Waals surface area contributed by atoms with E-state index in [1.165, 1.54) is 0 Å². The Labute approximate surface area is 102 Å². The Kier molecular flexibility index (Phi) is 4.47. The van der Waals surface area contributed by atoms with Gasteiger partial charge in [-0.15, -0.1) is 0 Å². The number of carbonyl (C=O) groups is 2. The van der Waals surface area contributed by atoms with Crippen LogP contribution in [0.15, 0.2) is 0 Å². The molecule has 3 amide bonds. The SMILES string of the molecule is CC(C)(C)NC(=O)NC(=O)CN1CCC(N)C1. The highest BCUT2D eigenvalue weighted by atomic mass is 16.2. The fourth-order valence-electron chi connectivity index (χ4n) is 1.75. The Balaban J connectivity index is 2.27. The molecule has 6 heteroatoms. The molecule has 1 rings (SSSR count). The highest BCUT2D eigenvalue weighted by Gasteiger charge is 2.22. The number of likely N-dealkylation sites (tertiary alicyclic amines) is 1. The van der Waals surface area contributed by atoms with Gasteiger partial charge in [0.15, 0.2) is 0 Å². The molecule has 4 N–H and O–H groups in total. The van der Waals surface area contributed by atoms with Crippen LogP contribution in [0.5, 0.6) is 0 Å². The highest BCUT2D eigenvalue weighted by molar-refractivity contribution is 5.95. The molecule has 0 saturated carbocycles. The van der Waals surface area contributed by atoms with Crippen LogP contribution in [0.4, 0.5) is 4.79 Å².